The average Bonchev–Trinajstić information content (AvgIpc) is 2.64. The van der Waals surface area contributed by atoms with Crippen LogP contribution in [-0.2, 0) is 0 Å². The minimum Gasteiger partial charge on any atom is -0.392 e. The number of aliphatic hydroxyl groups excluding tert-OH is 1. The minimum absolute atomic E-state index is 0.158. The first-order chi connectivity index (χ1) is 9.26. The molecule has 4 heteroatoms. The zero-order chi connectivity index (χ0) is 15.3. The van der Waals surface area contributed by atoms with E-state index >= 15 is 0 Å². The van der Waals surface area contributed by atoms with Gasteiger partial charge in [-0.3, -0.25) is 4.90 Å². The van der Waals surface area contributed by atoms with Crippen molar-refractivity contribution in [3.8, 4) is 0 Å². The average molecular weight is 285 g/mol. The summed E-state index contributed by atoms with van der Waals surface area (Å²) in [6, 6.07) is 0.970. The summed E-state index contributed by atoms with van der Waals surface area (Å²) in [5.74, 6) is 0. The van der Waals surface area contributed by atoms with Crippen molar-refractivity contribution in [1.29, 1.82) is 0 Å². The number of likely N-dealkylation sites (tertiary alicyclic amines) is 1. The second kappa shape index (κ2) is 7.74. The number of nitrogens with one attached hydrogen (secondary N) is 1. The molecule has 0 saturated carbocycles. The monoisotopic (exact) mass is 285 g/mol. The molecule has 0 amide bonds. The normalized spacial score (nSPS) is 26.4. The van der Waals surface area contributed by atoms with Gasteiger partial charge in [0, 0.05) is 31.7 Å². The van der Waals surface area contributed by atoms with Crippen LogP contribution in [0.3, 0.4) is 0 Å². The molecule has 3 unspecified atom stereocenters. The summed E-state index contributed by atoms with van der Waals surface area (Å²) in [5.41, 5.74) is 0.212. The lowest BCUT2D eigenvalue weighted by Gasteiger charge is -2.38. The predicted octanol–water partition coefficient (Wildman–Crippen LogP) is 1.40. The van der Waals surface area contributed by atoms with Gasteiger partial charge in [-0.15, -0.1) is 0 Å². The van der Waals surface area contributed by atoms with E-state index in [1.807, 2.05) is 0 Å². The van der Waals surface area contributed by atoms with Gasteiger partial charge in [0.15, 0.2) is 0 Å². The third kappa shape index (κ3) is 5.32. The van der Waals surface area contributed by atoms with E-state index in [0.717, 1.165) is 32.6 Å². The standard InChI is InChI=1S/C16H35N3O/c1-7-8-17-13(2)16(3,4)12-19-11-15(20)9-14(19)10-18(5)6/h13-15,17,20H,7-12H2,1-6H3. The molecule has 1 rings (SSSR count). The van der Waals surface area contributed by atoms with Crippen molar-refractivity contribution in [2.75, 3.05) is 40.3 Å². The first-order valence-electron chi connectivity index (χ1n) is 8.06. The van der Waals surface area contributed by atoms with Crippen LogP contribution in [0.2, 0.25) is 0 Å². The number of nitrogens with zero attached hydrogens (tertiary/aromatic N) is 2. The van der Waals surface area contributed by atoms with Crippen LogP contribution in [0.4, 0.5) is 0 Å². The van der Waals surface area contributed by atoms with Crippen LogP contribution >= 0.6 is 0 Å². The van der Waals surface area contributed by atoms with Crippen molar-refractivity contribution in [2.45, 2.75) is 58.7 Å². The molecule has 1 fully saturated rings. The van der Waals surface area contributed by atoms with E-state index < -0.39 is 0 Å². The number of β-amino-alcohol motifs (C(OH)–C–C–N with tert-alkyl or cyclic N) is 1. The highest BCUT2D eigenvalue weighted by Crippen LogP contribution is 2.27. The molecule has 0 aliphatic carbocycles. The fourth-order valence-corrected chi connectivity index (χ4v) is 3.06. The topological polar surface area (TPSA) is 38.7 Å². The largest absolute Gasteiger partial charge is 0.392 e. The Labute approximate surface area is 125 Å². The van der Waals surface area contributed by atoms with E-state index in [-0.39, 0.29) is 11.5 Å². The first kappa shape index (κ1) is 17.9. The van der Waals surface area contributed by atoms with Crippen LogP contribution in [0.5, 0.6) is 0 Å². The quantitative estimate of drug-likeness (QED) is 0.707. The lowest BCUT2D eigenvalue weighted by Crippen LogP contribution is -2.49. The summed E-state index contributed by atoms with van der Waals surface area (Å²) in [6.07, 6.45) is 1.92. The molecule has 1 aliphatic rings. The number of hydrogen-bond acceptors (Lipinski definition) is 4. The summed E-state index contributed by atoms with van der Waals surface area (Å²) in [6.45, 7) is 13.1. The smallest absolute Gasteiger partial charge is 0.0682 e. The van der Waals surface area contributed by atoms with E-state index in [4.69, 9.17) is 0 Å². The Morgan fingerprint density at radius 3 is 2.60 bits per heavy atom. The van der Waals surface area contributed by atoms with Crippen molar-refractivity contribution in [3.63, 3.8) is 0 Å². The third-order valence-corrected chi connectivity index (χ3v) is 4.57. The Balaban J connectivity index is 2.59. The van der Waals surface area contributed by atoms with Crippen LogP contribution in [0.1, 0.15) is 40.5 Å². The van der Waals surface area contributed by atoms with Gasteiger partial charge in [-0.1, -0.05) is 20.8 Å². The Bertz CT molecular complexity index is 281. The molecule has 120 valence electrons. The highest BCUT2D eigenvalue weighted by Gasteiger charge is 2.36. The third-order valence-electron chi connectivity index (χ3n) is 4.57. The van der Waals surface area contributed by atoms with Gasteiger partial charge in [0.25, 0.3) is 0 Å². The van der Waals surface area contributed by atoms with Crippen molar-refractivity contribution >= 4 is 0 Å². The summed E-state index contributed by atoms with van der Waals surface area (Å²) in [7, 11) is 4.22. The molecule has 20 heavy (non-hydrogen) atoms. The highest BCUT2D eigenvalue weighted by atomic mass is 16.3. The molecule has 2 N–H and O–H groups in total. The molecule has 3 atom stereocenters. The molecule has 0 radical (unpaired) electrons. The van der Waals surface area contributed by atoms with Crippen molar-refractivity contribution in [1.82, 2.24) is 15.1 Å². The van der Waals surface area contributed by atoms with Gasteiger partial charge in [0.1, 0.15) is 0 Å². The van der Waals surface area contributed by atoms with Crippen LogP contribution in [0.25, 0.3) is 0 Å². The van der Waals surface area contributed by atoms with Crippen molar-refractivity contribution in [3.05, 3.63) is 0 Å². The van der Waals surface area contributed by atoms with E-state index in [1.165, 1.54) is 6.42 Å². The molecule has 4 nitrogen and oxygen atoms in total. The van der Waals surface area contributed by atoms with Crippen LogP contribution in [-0.4, -0.2) is 73.4 Å². The van der Waals surface area contributed by atoms with E-state index in [1.54, 1.807) is 0 Å². The molecule has 0 spiro atoms. The number of aliphatic hydroxyl groups is 1. The number of likely N-dealkylation sites (N-methyl/N-ethyl adjacent to an activating group) is 1. The Morgan fingerprint density at radius 1 is 1.40 bits per heavy atom. The van der Waals surface area contributed by atoms with E-state index in [2.05, 4.69) is 56.9 Å². The molecular weight excluding hydrogens is 250 g/mol. The molecule has 1 saturated heterocycles. The van der Waals surface area contributed by atoms with E-state index in [9.17, 15) is 5.11 Å². The lowest BCUT2D eigenvalue weighted by atomic mass is 9.84. The van der Waals surface area contributed by atoms with Gasteiger partial charge in [-0.05, 0) is 45.8 Å². The maximum Gasteiger partial charge on any atom is 0.0682 e. The molecule has 0 aromatic heterocycles. The number of rotatable bonds is 8. The summed E-state index contributed by atoms with van der Waals surface area (Å²) in [5, 5.41) is 13.6. The molecule has 1 heterocycles. The van der Waals surface area contributed by atoms with Gasteiger partial charge in [0.05, 0.1) is 6.10 Å². The van der Waals surface area contributed by atoms with Gasteiger partial charge < -0.3 is 15.3 Å². The van der Waals surface area contributed by atoms with Gasteiger partial charge in [0.2, 0.25) is 0 Å². The zero-order valence-electron chi connectivity index (χ0n) is 14.3. The summed E-state index contributed by atoms with van der Waals surface area (Å²) < 4.78 is 0. The van der Waals surface area contributed by atoms with Gasteiger partial charge in [-0.25, -0.2) is 0 Å². The van der Waals surface area contributed by atoms with Crippen LogP contribution in [0.15, 0.2) is 0 Å². The molecular formula is C16H35N3O. The van der Waals surface area contributed by atoms with Crippen LogP contribution in [0, 0.1) is 5.41 Å². The second-order valence-corrected chi connectivity index (χ2v) is 7.40. The predicted molar refractivity (Wildman–Crippen MR) is 86.1 cm³/mol. The molecule has 0 aromatic rings. The fourth-order valence-electron chi connectivity index (χ4n) is 3.06. The SMILES string of the molecule is CCCNC(C)C(C)(C)CN1CC(O)CC1CN(C)C. The fraction of sp³-hybridized carbons (Fsp3) is 1.00. The van der Waals surface area contributed by atoms with Gasteiger partial charge in [-0.2, -0.15) is 0 Å². The molecule has 0 aromatic carbocycles. The molecule has 1 aliphatic heterocycles. The van der Waals surface area contributed by atoms with Crippen molar-refractivity contribution < 1.29 is 5.11 Å². The minimum atomic E-state index is -0.158. The Hall–Kier alpha value is -0.160. The van der Waals surface area contributed by atoms with Crippen molar-refractivity contribution in [2.24, 2.45) is 5.41 Å². The number of hydrogen-bond donors (Lipinski definition) is 2. The second-order valence-electron chi connectivity index (χ2n) is 7.40. The van der Waals surface area contributed by atoms with Gasteiger partial charge >= 0.3 is 0 Å². The Kier molecular flexibility index (Phi) is 6.92. The first-order valence-corrected chi connectivity index (χ1v) is 8.06. The lowest BCUT2D eigenvalue weighted by molar-refractivity contribution is 0.111. The van der Waals surface area contributed by atoms with E-state index in [0.29, 0.717) is 12.1 Å². The van der Waals surface area contributed by atoms with Crippen LogP contribution < -0.4 is 5.32 Å². The maximum absolute atomic E-state index is 9.98. The summed E-state index contributed by atoms with van der Waals surface area (Å²) in [4.78, 5) is 4.70. The Morgan fingerprint density at radius 2 is 2.05 bits per heavy atom. The highest BCUT2D eigenvalue weighted by molar-refractivity contribution is 4.92. The zero-order valence-corrected chi connectivity index (χ0v) is 14.3. The molecule has 0 bridgehead atoms. The summed E-state index contributed by atoms with van der Waals surface area (Å²) >= 11 is 0. The maximum atomic E-state index is 9.98.